The van der Waals surface area contributed by atoms with Crippen molar-refractivity contribution in [2.24, 2.45) is 16.8 Å². The second-order valence-corrected chi connectivity index (χ2v) is 3.89. The maximum absolute atomic E-state index is 11.3. The van der Waals surface area contributed by atoms with Crippen LogP contribution in [0.3, 0.4) is 0 Å². The minimum atomic E-state index is -0.520. The first kappa shape index (κ1) is 14.4. The number of nitrogens with zero attached hydrogens (tertiary/aromatic N) is 1. The van der Waals surface area contributed by atoms with Crippen molar-refractivity contribution in [2.45, 2.75) is 20.8 Å². The van der Waals surface area contributed by atoms with Gasteiger partial charge in [-0.05, 0) is 24.6 Å². The van der Waals surface area contributed by atoms with Crippen molar-refractivity contribution < 1.29 is 9.53 Å². The summed E-state index contributed by atoms with van der Waals surface area (Å²) in [4.78, 5) is 14.9. The van der Waals surface area contributed by atoms with Crippen molar-refractivity contribution in [1.82, 2.24) is 5.32 Å². The summed E-state index contributed by atoms with van der Waals surface area (Å²) in [7, 11) is 0. The number of amides is 1. The van der Waals surface area contributed by atoms with Gasteiger partial charge in [0.05, 0.1) is 6.61 Å². The van der Waals surface area contributed by atoms with E-state index < -0.39 is 6.09 Å². The Morgan fingerprint density at radius 3 is 2.56 bits per heavy atom. The first-order chi connectivity index (χ1) is 7.51. The van der Waals surface area contributed by atoms with Crippen LogP contribution in [0.5, 0.6) is 0 Å². The lowest BCUT2D eigenvalue weighted by Gasteiger charge is -2.15. The molecule has 4 heteroatoms. The zero-order valence-electron chi connectivity index (χ0n) is 10.2. The Morgan fingerprint density at radius 2 is 2.12 bits per heavy atom. The molecule has 0 aromatic carbocycles. The highest BCUT2D eigenvalue weighted by Crippen LogP contribution is 2.09. The molecule has 90 valence electrons. The van der Waals surface area contributed by atoms with Crippen molar-refractivity contribution >= 4 is 12.8 Å². The molecule has 16 heavy (non-hydrogen) atoms. The molecular formula is C12H20N2O2. The zero-order chi connectivity index (χ0) is 12.6. The Morgan fingerprint density at radius 1 is 1.50 bits per heavy atom. The van der Waals surface area contributed by atoms with Gasteiger partial charge in [0.25, 0.3) is 0 Å². The van der Waals surface area contributed by atoms with Gasteiger partial charge in [-0.15, -0.1) is 0 Å². The van der Waals surface area contributed by atoms with E-state index in [1.165, 1.54) is 6.08 Å². The highest BCUT2D eigenvalue weighted by Gasteiger charge is 2.10. The Bertz CT molecular complexity index is 283. The van der Waals surface area contributed by atoms with Crippen molar-refractivity contribution in [1.29, 1.82) is 0 Å². The maximum Gasteiger partial charge on any atom is 0.412 e. The lowest BCUT2D eigenvalue weighted by atomic mass is 10.00. The van der Waals surface area contributed by atoms with Crippen LogP contribution in [0.2, 0.25) is 0 Å². The van der Waals surface area contributed by atoms with Gasteiger partial charge in [0.1, 0.15) is 5.82 Å². The predicted molar refractivity (Wildman–Crippen MR) is 66.3 cm³/mol. The topological polar surface area (TPSA) is 50.7 Å². The molecule has 1 N–H and O–H groups in total. The van der Waals surface area contributed by atoms with Gasteiger partial charge in [0.15, 0.2) is 0 Å². The number of allylic oxidation sites excluding steroid dienone is 2. The fourth-order valence-corrected chi connectivity index (χ4v) is 0.786. The van der Waals surface area contributed by atoms with Gasteiger partial charge >= 0.3 is 6.09 Å². The molecule has 0 aliphatic rings. The predicted octanol–water partition coefficient (Wildman–Crippen LogP) is 2.73. The summed E-state index contributed by atoms with van der Waals surface area (Å²) in [5.74, 6) is 1.14. The van der Waals surface area contributed by atoms with Crippen LogP contribution in [0.1, 0.15) is 20.8 Å². The molecule has 0 saturated carbocycles. The summed E-state index contributed by atoms with van der Waals surface area (Å²) < 4.78 is 5.03. The number of alkyl carbamates (subject to hydrolysis) is 1. The first-order valence-corrected chi connectivity index (χ1v) is 5.24. The van der Waals surface area contributed by atoms with Gasteiger partial charge in [-0.25, -0.2) is 9.79 Å². The van der Waals surface area contributed by atoms with Crippen LogP contribution in [0.4, 0.5) is 4.79 Å². The minimum absolute atomic E-state index is 0.328. The van der Waals surface area contributed by atoms with Gasteiger partial charge in [-0.2, -0.15) is 0 Å². The quantitative estimate of drug-likeness (QED) is 0.557. The number of ether oxygens (including phenoxy) is 1. The second-order valence-electron chi connectivity index (χ2n) is 3.89. The number of carbonyl (C=O) groups is 1. The number of nitrogens with one attached hydrogen (secondary N) is 1. The summed E-state index contributed by atoms with van der Waals surface area (Å²) in [5.41, 5.74) is 0. The van der Waals surface area contributed by atoms with Crippen molar-refractivity contribution in [2.75, 3.05) is 6.61 Å². The van der Waals surface area contributed by atoms with Gasteiger partial charge in [0.2, 0.25) is 0 Å². The summed E-state index contributed by atoms with van der Waals surface area (Å²) in [6.07, 6.45) is 2.54. The molecule has 0 saturated heterocycles. The molecule has 0 radical (unpaired) electrons. The van der Waals surface area contributed by atoms with E-state index in [1.54, 1.807) is 6.08 Å². The Kier molecular flexibility index (Phi) is 6.92. The molecule has 1 amide bonds. The summed E-state index contributed by atoms with van der Waals surface area (Å²) in [6.45, 7) is 13.4. The Balaban J connectivity index is 4.04. The highest BCUT2D eigenvalue weighted by molar-refractivity contribution is 5.69. The largest absolute Gasteiger partial charge is 0.449 e. The first-order valence-electron chi connectivity index (χ1n) is 5.24. The average Bonchev–Trinajstić information content (AvgIpc) is 2.24. The number of hydrogen-bond donors (Lipinski definition) is 1. The lowest BCUT2D eigenvalue weighted by molar-refractivity contribution is 0.122. The molecule has 0 spiro atoms. The molecule has 0 aliphatic carbocycles. The standard InChI is InChI=1S/C12H20N2O2/c1-6-7-11(13-5)14-12(15)16-8-10(4)9(2)3/h6-7,9-10H,1,5,8H2,2-4H3,(H,14,15)/b11-7+/t10-/m1/s1. The van der Waals surface area contributed by atoms with E-state index in [-0.39, 0.29) is 0 Å². The van der Waals surface area contributed by atoms with Crippen LogP contribution in [0.15, 0.2) is 29.5 Å². The van der Waals surface area contributed by atoms with E-state index in [9.17, 15) is 4.79 Å². The zero-order valence-corrected chi connectivity index (χ0v) is 10.2. The number of carbonyl (C=O) groups excluding carboxylic acids is 1. The van der Waals surface area contributed by atoms with Crippen LogP contribution in [0.25, 0.3) is 0 Å². The molecule has 0 heterocycles. The van der Waals surface area contributed by atoms with E-state index in [1.807, 2.05) is 6.92 Å². The third-order valence-electron chi connectivity index (χ3n) is 2.29. The minimum Gasteiger partial charge on any atom is -0.449 e. The van der Waals surface area contributed by atoms with Gasteiger partial charge < -0.3 is 4.74 Å². The van der Waals surface area contributed by atoms with Gasteiger partial charge in [-0.3, -0.25) is 5.32 Å². The number of hydrogen-bond acceptors (Lipinski definition) is 3. The maximum atomic E-state index is 11.3. The van der Waals surface area contributed by atoms with E-state index in [0.717, 1.165) is 0 Å². The van der Waals surface area contributed by atoms with Crippen molar-refractivity contribution in [3.63, 3.8) is 0 Å². The van der Waals surface area contributed by atoms with E-state index >= 15 is 0 Å². The summed E-state index contributed by atoms with van der Waals surface area (Å²) in [5, 5.41) is 2.46. The van der Waals surface area contributed by atoms with E-state index in [0.29, 0.717) is 24.3 Å². The van der Waals surface area contributed by atoms with Crippen LogP contribution in [0, 0.1) is 11.8 Å². The fraction of sp³-hybridized carbons (Fsp3) is 0.500. The molecule has 0 rings (SSSR count). The Labute approximate surface area is 97.1 Å². The highest BCUT2D eigenvalue weighted by atomic mass is 16.5. The monoisotopic (exact) mass is 224 g/mol. The molecule has 0 bridgehead atoms. The molecule has 0 aromatic rings. The molecular weight excluding hydrogens is 204 g/mol. The van der Waals surface area contributed by atoms with E-state index in [2.05, 4.69) is 37.5 Å². The molecule has 1 atom stereocenters. The van der Waals surface area contributed by atoms with Crippen LogP contribution < -0.4 is 5.32 Å². The van der Waals surface area contributed by atoms with Crippen LogP contribution >= 0.6 is 0 Å². The number of rotatable bonds is 6. The summed E-state index contributed by atoms with van der Waals surface area (Å²) >= 11 is 0. The molecule has 0 unspecified atom stereocenters. The van der Waals surface area contributed by atoms with Crippen LogP contribution in [-0.4, -0.2) is 19.4 Å². The molecule has 0 fully saturated rings. The van der Waals surface area contributed by atoms with Crippen LogP contribution in [-0.2, 0) is 4.74 Å². The average molecular weight is 224 g/mol. The molecule has 4 nitrogen and oxygen atoms in total. The van der Waals surface area contributed by atoms with Crippen molar-refractivity contribution in [3.8, 4) is 0 Å². The van der Waals surface area contributed by atoms with Crippen molar-refractivity contribution in [3.05, 3.63) is 24.6 Å². The Hall–Kier alpha value is -1.58. The smallest absolute Gasteiger partial charge is 0.412 e. The summed E-state index contributed by atoms with van der Waals surface area (Å²) in [6, 6.07) is 0. The lowest BCUT2D eigenvalue weighted by Crippen LogP contribution is -2.25. The van der Waals surface area contributed by atoms with Gasteiger partial charge in [-0.1, -0.05) is 33.4 Å². The fourth-order valence-electron chi connectivity index (χ4n) is 0.786. The number of aliphatic imine (C=N–C) groups is 1. The van der Waals surface area contributed by atoms with E-state index in [4.69, 9.17) is 4.74 Å². The second kappa shape index (κ2) is 7.68. The normalized spacial score (nSPS) is 13.1. The molecule has 0 aromatic heterocycles. The third kappa shape index (κ3) is 6.01. The molecule has 0 aliphatic heterocycles. The third-order valence-corrected chi connectivity index (χ3v) is 2.29. The SMILES string of the molecule is C=C/C=C(\N=C)NC(=O)OC[C@@H](C)C(C)C. The van der Waals surface area contributed by atoms with Gasteiger partial charge in [0, 0.05) is 0 Å².